The molecule has 20 heavy (non-hydrogen) atoms. The Hall–Kier alpha value is -1.71. The zero-order valence-corrected chi connectivity index (χ0v) is 12.3. The lowest BCUT2D eigenvalue weighted by Crippen LogP contribution is -2.18. The van der Waals surface area contributed by atoms with Crippen molar-refractivity contribution in [3.05, 3.63) is 58.6 Å². The molecular formula is C16H18ClNO2. The highest BCUT2D eigenvalue weighted by Crippen LogP contribution is 2.28. The third kappa shape index (κ3) is 3.24. The summed E-state index contributed by atoms with van der Waals surface area (Å²) in [5.74, 6) is 0.983. The minimum absolute atomic E-state index is 0.101. The molecule has 106 valence electrons. The Kier molecular flexibility index (Phi) is 4.88. The van der Waals surface area contributed by atoms with Gasteiger partial charge in [0.1, 0.15) is 11.5 Å². The van der Waals surface area contributed by atoms with Gasteiger partial charge in [-0.25, -0.2) is 0 Å². The molecule has 0 unspecified atom stereocenters. The van der Waals surface area contributed by atoms with Crippen molar-refractivity contribution in [2.75, 3.05) is 7.11 Å². The van der Waals surface area contributed by atoms with Gasteiger partial charge in [-0.2, -0.15) is 0 Å². The number of rotatable bonds is 5. The SMILES string of the molecule is COc1ccccc1[C@H](C)NCc1cccc(Cl)c1O. The molecule has 0 bridgehead atoms. The topological polar surface area (TPSA) is 41.5 Å². The van der Waals surface area contributed by atoms with Crippen molar-refractivity contribution in [2.45, 2.75) is 19.5 Å². The summed E-state index contributed by atoms with van der Waals surface area (Å²) in [5, 5.41) is 13.6. The molecule has 2 N–H and O–H groups in total. The van der Waals surface area contributed by atoms with Crippen LogP contribution in [0.1, 0.15) is 24.1 Å². The molecule has 0 aliphatic heterocycles. The van der Waals surface area contributed by atoms with Gasteiger partial charge in [-0.05, 0) is 19.1 Å². The maximum Gasteiger partial charge on any atom is 0.138 e. The normalized spacial score (nSPS) is 12.2. The Bertz CT molecular complexity index is 586. The van der Waals surface area contributed by atoms with Gasteiger partial charge < -0.3 is 15.2 Å². The lowest BCUT2D eigenvalue weighted by Gasteiger charge is -2.17. The van der Waals surface area contributed by atoms with E-state index in [4.69, 9.17) is 16.3 Å². The van der Waals surface area contributed by atoms with Crippen LogP contribution in [0, 0.1) is 0 Å². The summed E-state index contributed by atoms with van der Waals surface area (Å²) in [4.78, 5) is 0. The molecular weight excluding hydrogens is 274 g/mol. The van der Waals surface area contributed by atoms with E-state index in [-0.39, 0.29) is 11.8 Å². The van der Waals surface area contributed by atoms with Crippen LogP contribution in [0.5, 0.6) is 11.5 Å². The van der Waals surface area contributed by atoms with Crippen LogP contribution in [0.4, 0.5) is 0 Å². The van der Waals surface area contributed by atoms with Gasteiger partial charge in [-0.15, -0.1) is 0 Å². The third-order valence-corrected chi connectivity index (χ3v) is 3.58. The first-order valence-electron chi connectivity index (χ1n) is 6.46. The van der Waals surface area contributed by atoms with E-state index >= 15 is 0 Å². The number of aromatic hydroxyl groups is 1. The number of methoxy groups -OCH3 is 1. The fraction of sp³-hybridized carbons (Fsp3) is 0.250. The lowest BCUT2D eigenvalue weighted by molar-refractivity contribution is 0.401. The third-order valence-electron chi connectivity index (χ3n) is 3.27. The standard InChI is InChI=1S/C16H18ClNO2/c1-11(13-7-3-4-9-15(13)20-2)18-10-12-6-5-8-14(17)16(12)19/h3-9,11,18-19H,10H2,1-2H3/t11-/m0/s1. The maximum atomic E-state index is 9.89. The van der Waals surface area contributed by atoms with Crippen molar-refractivity contribution < 1.29 is 9.84 Å². The molecule has 0 fully saturated rings. The molecule has 0 aliphatic carbocycles. The number of phenols is 1. The van der Waals surface area contributed by atoms with Crippen LogP contribution in [0.25, 0.3) is 0 Å². The molecule has 0 saturated carbocycles. The molecule has 1 atom stereocenters. The second-order valence-corrected chi connectivity index (χ2v) is 5.00. The Morgan fingerprint density at radius 2 is 1.95 bits per heavy atom. The predicted octanol–water partition coefficient (Wildman–Crippen LogP) is 3.91. The largest absolute Gasteiger partial charge is 0.506 e. The first-order valence-corrected chi connectivity index (χ1v) is 6.84. The molecule has 0 saturated heterocycles. The molecule has 0 aromatic heterocycles. The van der Waals surface area contributed by atoms with E-state index in [2.05, 4.69) is 12.2 Å². The van der Waals surface area contributed by atoms with Crippen LogP contribution in [0.2, 0.25) is 5.02 Å². The highest BCUT2D eigenvalue weighted by molar-refractivity contribution is 6.32. The average molecular weight is 292 g/mol. The van der Waals surface area contributed by atoms with E-state index in [9.17, 15) is 5.11 Å². The summed E-state index contributed by atoms with van der Waals surface area (Å²) in [6.45, 7) is 2.59. The summed E-state index contributed by atoms with van der Waals surface area (Å²) < 4.78 is 5.35. The zero-order valence-electron chi connectivity index (χ0n) is 11.6. The van der Waals surface area contributed by atoms with E-state index in [0.717, 1.165) is 16.9 Å². The molecule has 2 aromatic carbocycles. The van der Waals surface area contributed by atoms with E-state index in [1.807, 2.05) is 36.4 Å². The van der Waals surface area contributed by atoms with Crippen LogP contribution < -0.4 is 10.1 Å². The summed E-state index contributed by atoms with van der Waals surface area (Å²) in [5.41, 5.74) is 1.86. The Balaban J connectivity index is 2.09. The molecule has 3 nitrogen and oxygen atoms in total. The molecule has 0 heterocycles. The highest BCUT2D eigenvalue weighted by Gasteiger charge is 2.11. The summed E-state index contributed by atoms with van der Waals surface area (Å²) >= 11 is 5.90. The van der Waals surface area contributed by atoms with Gasteiger partial charge >= 0.3 is 0 Å². The number of halogens is 1. The quantitative estimate of drug-likeness (QED) is 0.878. The van der Waals surface area contributed by atoms with Crippen molar-refractivity contribution in [3.8, 4) is 11.5 Å². The fourth-order valence-corrected chi connectivity index (χ4v) is 2.29. The Morgan fingerprint density at radius 1 is 1.20 bits per heavy atom. The predicted molar refractivity (Wildman–Crippen MR) is 81.4 cm³/mol. The summed E-state index contributed by atoms with van der Waals surface area (Å²) in [6.07, 6.45) is 0. The van der Waals surface area contributed by atoms with Crippen molar-refractivity contribution >= 4 is 11.6 Å². The molecule has 2 aromatic rings. The van der Waals surface area contributed by atoms with Crippen LogP contribution in [0.15, 0.2) is 42.5 Å². The number of nitrogens with one attached hydrogen (secondary N) is 1. The number of hydrogen-bond donors (Lipinski definition) is 2. The van der Waals surface area contributed by atoms with Crippen molar-refractivity contribution in [2.24, 2.45) is 0 Å². The molecule has 0 aliphatic rings. The summed E-state index contributed by atoms with van der Waals surface area (Å²) in [6, 6.07) is 13.3. The minimum Gasteiger partial charge on any atom is -0.506 e. The second-order valence-electron chi connectivity index (χ2n) is 4.59. The number of ether oxygens (including phenoxy) is 1. The van der Waals surface area contributed by atoms with Gasteiger partial charge in [0.15, 0.2) is 0 Å². The first-order chi connectivity index (χ1) is 9.63. The Labute approximate surface area is 124 Å². The zero-order chi connectivity index (χ0) is 14.5. The smallest absolute Gasteiger partial charge is 0.138 e. The molecule has 0 amide bonds. The van der Waals surface area contributed by atoms with Crippen LogP contribution in [-0.4, -0.2) is 12.2 Å². The number of para-hydroxylation sites is 2. The first kappa shape index (κ1) is 14.7. The molecule has 0 radical (unpaired) electrons. The lowest BCUT2D eigenvalue weighted by atomic mass is 10.1. The fourth-order valence-electron chi connectivity index (χ4n) is 2.10. The van der Waals surface area contributed by atoms with Crippen molar-refractivity contribution in [1.82, 2.24) is 5.32 Å². The van der Waals surface area contributed by atoms with Crippen LogP contribution in [0.3, 0.4) is 0 Å². The second kappa shape index (κ2) is 6.64. The van der Waals surface area contributed by atoms with Gasteiger partial charge in [-0.1, -0.05) is 41.9 Å². The maximum absolute atomic E-state index is 9.89. The number of phenolic OH excluding ortho intramolecular Hbond substituents is 1. The molecule has 4 heteroatoms. The van der Waals surface area contributed by atoms with E-state index in [1.54, 1.807) is 13.2 Å². The minimum atomic E-state index is 0.101. The van der Waals surface area contributed by atoms with E-state index < -0.39 is 0 Å². The Morgan fingerprint density at radius 3 is 2.70 bits per heavy atom. The number of hydrogen-bond acceptors (Lipinski definition) is 3. The van der Waals surface area contributed by atoms with Crippen LogP contribution in [-0.2, 0) is 6.54 Å². The monoisotopic (exact) mass is 291 g/mol. The van der Waals surface area contributed by atoms with E-state index in [0.29, 0.717) is 11.6 Å². The van der Waals surface area contributed by atoms with Gasteiger partial charge in [0.05, 0.1) is 12.1 Å². The van der Waals surface area contributed by atoms with Gasteiger partial charge in [-0.3, -0.25) is 0 Å². The van der Waals surface area contributed by atoms with Crippen molar-refractivity contribution in [1.29, 1.82) is 0 Å². The van der Waals surface area contributed by atoms with Crippen molar-refractivity contribution in [3.63, 3.8) is 0 Å². The molecule has 2 rings (SSSR count). The number of benzene rings is 2. The van der Waals surface area contributed by atoms with Crippen LogP contribution >= 0.6 is 11.6 Å². The van der Waals surface area contributed by atoms with Gasteiger partial charge in [0, 0.05) is 23.7 Å². The molecule has 0 spiro atoms. The van der Waals surface area contributed by atoms with Gasteiger partial charge in [0.25, 0.3) is 0 Å². The van der Waals surface area contributed by atoms with Gasteiger partial charge in [0.2, 0.25) is 0 Å². The van der Waals surface area contributed by atoms with E-state index in [1.165, 1.54) is 0 Å². The highest BCUT2D eigenvalue weighted by atomic mass is 35.5. The average Bonchev–Trinajstić information content (AvgIpc) is 2.48. The summed E-state index contributed by atoms with van der Waals surface area (Å²) in [7, 11) is 1.66.